The van der Waals surface area contributed by atoms with Crippen molar-refractivity contribution in [3.8, 4) is 0 Å². The van der Waals surface area contributed by atoms with Gasteiger partial charge in [-0.05, 0) is 13.8 Å². The van der Waals surface area contributed by atoms with Crippen LogP contribution >= 0.6 is 0 Å². The van der Waals surface area contributed by atoms with E-state index in [-0.39, 0.29) is 0 Å². The summed E-state index contributed by atoms with van der Waals surface area (Å²) in [5, 5.41) is 13.5. The molecule has 0 saturated carbocycles. The molecule has 1 rings (SSSR count). The number of aliphatic hydroxyl groups is 1. The number of nitrogens with zero attached hydrogens (tertiary/aromatic N) is 2. The van der Waals surface area contributed by atoms with Crippen LogP contribution in [0.4, 0.5) is 0 Å². The third-order valence-electron chi connectivity index (χ3n) is 2.57. The molecule has 0 amide bonds. The normalized spacial score (nSPS) is 15.4. The number of imidazole rings is 1. The van der Waals surface area contributed by atoms with Gasteiger partial charge in [-0.2, -0.15) is 0 Å². The zero-order valence-corrected chi connectivity index (χ0v) is 10.7. The van der Waals surface area contributed by atoms with E-state index in [1.807, 2.05) is 13.1 Å². The highest BCUT2D eigenvalue weighted by Gasteiger charge is 2.23. The molecule has 0 fully saturated rings. The molecule has 1 aromatic heterocycles. The molecule has 1 aromatic rings. The van der Waals surface area contributed by atoms with Gasteiger partial charge in [0.05, 0.1) is 5.60 Å². The summed E-state index contributed by atoms with van der Waals surface area (Å²) in [6.07, 6.45) is 4.31. The summed E-state index contributed by atoms with van der Waals surface area (Å²) in [5.41, 5.74) is -0.747. The second-order valence-electron chi connectivity index (χ2n) is 4.84. The van der Waals surface area contributed by atoms with Crippen molar-refractivity contribution in [1.29, 1.82) is 0 Å². The van der Waals surface area contributed by atoms with Crippen LogP contribution in [0, 0.1) is 0 Å². The summed E-state index contributed by atoms with van der Waals surface area (Å²) < 4.78 is 2.06. The highest BCUT2D eigenvalue weighted by Crippen LogP contribution is 2.11. The van der Waals surface area contributed by atoms with E-state index in [9.17, 15) is 5.11 Å². The molecule has 0 bridgehead atoms. The number of nitrogens with one attached hydrogen (secondary N) is 1. The Balaban J connectivity index is 2.57. The lowest BCUT2D eigenvalue weighted by Crippen LogP contribution is -2.42. The minimum Gasteiger partial charge on any atom is -0.388 e. The molecule has 1 unspecified atom stereocenters. The van der Waals surface area contributed by atoms with Crippen molar-refractivity contribution >= 4 is 0 Å². The van der Waals surface area contributed by atoms with Crippen molar-refractivity contribution in [3.05, 3.63) is 18.2 Å². The Morgan fingerprint density at radius 3 is 2.81 bits per heavy atom. The summed E-state index contributed by atoms with van der Waals surface area (Å²) >= 11 is 0. The Kier molecular flexibility index (Phi) is 4.50. The summed E-state index contributed by atoms with van der Waals surface area (Å²) in [5.74, 6) is 0.943. The molecule has 92 valence electrons. The Labute approximate surface area is 97.7 Å². The molecule has 0 aliphatic rings. The minimum absolute atomic E-state index is 0.386. The van der Waals surface area contributed by atoms with Gasteiger partial charge in [-0.15, -0.1) is 0 Å². The molecule has 16 heavy (non-hydrogen) atoms. The van der Waals surface area contributed by atoms with Crippen LogP contribution in [0.5, 0.6) is 0 Å². The second-order valence-corrected chi connectivity index (χ2v) is 4.84. The zero-order valence-electron chi connectivity index (χ0n) is 10.7. The number of rotatable bonds is 6. The lowest BCUT2D eigenvalue weighted by atomic mass is 10.0. The Morgan fingerprint density at radius 1 is 1.56 bits per heavy atom. The third-order valence-corrected chi connectivity index (χ3v) is 2.57. The molecule has 4 heteroatoms. The molecule has 0 saturated heterocycles. The highest BCUT2D eigenvalue weighted by atomic mass is 16.3. The zero-order chi connectivity index (χ0) is 12.2. The molecule has 0 radical (unpaired) electrons. The first-order valence-electron chi connectivity index (χ1n) is 5.90. The van der Waals surface area contributed by atoms with Crippen LogP contribution in [0.3, 0.4) is 0 Å². The average Bonchev–Trinajstić information content (AvgIpc) is 2.61. The van der Waals surface area contributed by atoms with Gasteiger partial charge in [0.25, 0.3) is 0 Å². The van der Waals surface area contributed by atoms with E-state index >= 15 is 0 Å². The highest BCUT2D eigenvalue weighted by molar-refractivity contribution is 4.98. The summed E-state index contributed by atoms with van der Waals surface area (Å²) in [6.45, 7) is 9.54. The predicted octanol–water partition coefficient (Wildman–Crippen LogP) is 1.19. The number of hydrogen-bond acceptors (Lipinski definition) is 3. The maximum atomic E-state index is 10.2. The van der Waals surface area contributed by atoms with Crippen LogP contribution in [-0.4, -0.2) is 32.8 Å². The molecule has 2 N–H and O–H groups in total. The number of hydrogen-bond donors (Lipinski definition) is 2. The second kappa shape index (κ2) is 5.46. The molecular weight excluding hydrogens is 202 g/mol. The number of aromatic nitrogens is 2. The fraction of sp³-hybridized carbons (Fsp3) is 0.750. The Morgan fingerprint density at radius 2 is 2.25 bits per heavy atom. The first-order chi connectivity index (χ1) is 7.44. The molecule has 1 atom stereocenters. The van der Waals surface area contributed by atoms with Gasteiger partial charge in [-0.25, -0.2) is 4.98 Å². The Hall–Kier alpha value is -0.870. The van der Waals surface area contributed by atoms with E-state index in [0.29, 0.717) is 19.0 Å². The van der Waals surface area contributed by atoms with Crippen molar-refractivity contribution in [3.63, 3.8) is 0 Å². The smallest absolute Gasteiger partial charge is 0.111 e. The molecule has 4 nitrogen and oxygen atoms in total. The minimum atomic E-state index is -0.747. The molecular formula is C12H23N3O. The van der Waals surface area contributed by atoms with Crippen molar-refractivity contribution < 1.29 is 5.11 Å². The van der Waals surface area contributed by atoms with E-state index in [1.165, 1.54) is 0 Å². The monoisotopic (exact) mass is 225 g/mol. The Bertz CT molecular complexity index is 318. The topological polar surface area (TPSA) is 50.1 Å². The van der Waals surface area contributed by atoms with Gasteiger partial charge in [-0.1, -0.05) is 13.8 Å². The number of aryl methyl sites for hydroxylation is 1. The SMILES string of the molecule is CCn1ccnc1CC(C)(O)CNC(C)C. The molecule has 0 aliphatic heterocycles. The first kappa shape index (κ1) is 13.2. The van der Waals surface area contributed by atoms with E-state index in [0.717, 1.165) is 12.4 Å². The van der Waals surface area contributed by atoms with Crippen LogP contribution in [0.25, 0.3) is 0 Å². The average molecular weight is 225 g/mol. The molecule has 0 aromatic carbocycles. The van der Waals surface area contributed by atoms with Gasteiger partial charge < -0.3 is 15.0 Å². The standard InChI is InChI=1S/C12H23N3O/c1-5-15-7-6-13-11(15)8-12(4,16)9-14-10(2)3/h6-7,10,14,16H,5,8-9H2,1-4H3. The van der Waals surface area contributed by atoms with Crippen LogP contribution in [0.1, 0.15) is 33.5 Å². The summed E-state index contributed by atoms with van der Waals surface area (Å²) in [6, 6.07) is 0.386. The largest absolute Gasteiger partial charge is 0.388 e. The third kappa shape index (κ3) is 3.94. The van der Waals surface area contributed by atoms with Gasteiger partial charge in [0.2, 0.25) is 0 Å². The van der Waals surface area contributed by atoms with Crippen molar-refractivity contribution in [1.82, 2.24) is 14.9 Å². The van der Waals surface area contributed by atoms with E-state index in [1.54, 1.807) is 6.20 Å². The molecule has 1 heterocycles. The van der Waals surface area contributed by atoms with Crippen molar-refractivity contribution in [2.75, 3.05) is 6.54 Å². The maximum Gasteiger partial charge on any atom is 0.111 e. The van der Waals surface area contributed by atoms with Gasteiger partial charge >= 0.3 is 0 Å². The lowest BCUT2D eigenvalue weighted by Gasteiger charge is -2.25. The van der Waals surface area contributed by atoms with Gasteiger partial charge in [0, 0.05) is 37.9 Å². The van der Waals surface area contributed by atoms with Crippen molar-refractivity contribution in [2.24, 2.45) is 0 Å². The van der Waals surface area contributed by atoms with Gasteiger partial charge in [-0.3, -0.25) is 0 Å². The lowest BCUT2D eigenvalue weighted by molar-refractivity contribution is 0.0553. The summed E-state index contributed by atoms with van der Waals surface area (Å²) in [4.78, 5) is 4.27. The van der Waals surface area contributed by atoms with Crippen LogP contribution < -0.4 is 5.32 Å². The summed E-state index contributed by atoms with van der Waals surface area (Å²) in [7, 11) is 0. The van der Waals surface area contributed by atoms with Gasteiger partial charge in [0.1, 0.15) is 5.82 Å². The van der Waals surface area contributed by atoms with Crippen LogP contribution in [0.15, 0.2) is 12.4 Å². The fourth-order valence-corrected chi connectivity index (χ4v) is 1.62. The van der Waals surface area contributed by atoms with E-state index in [2.05, 4.69) is 35.6 Å². The van der Waals surface area contributed by atoms with Crippen molar-refractivity contribution in [2.45, 2.75) is 52.3 Å². The van der Waals surface area contributed by atoms with E-state index < -0.39 is 5.60 Å². The van der Waals surface area contributed by atoms with Gasteiger partial charge in [0.15, 0.2) is 0 Å². The van der Waals surface area contributed by atoms with Crippen LogP contribution in [0.2, 0.25) is 0 Å². The predicted molar refractivity (Wildman–Crippen MR) is 65.4 cm³/mol. The molecule has 0 aliphatic carbocycles. The van der Waals surface area contributed by atoms with Crippen LogP contribution in [-0.2, 0) is 13.0 Å². The van der Waals surface area contributed by atoms with E-state index in [4.69, 9.17) is 0 Å². The fourth-order valence-electron chi connectivity index (χ4n) is 1.62. The maximum absolute atomic E-state index is 10.2. The first-order valence-corrected chi connectivity index (χ1v) is 5.90. The molecule has 0 spiro atoms. The quantitative estimate of drug-likeness (QED) is 0.764.